The molecule has 17 heteroatoms. The number of rotatable bonds is 6. The molecule has 1 N–H and O–H groups in total. The SMILES string of the molecule is CO[C@H]1CN(C)C(=O)[C@@H]2C[C@@H](CN2c2nc(OCC3CN(C)C3)nc3c2cnn3-c2ccc(F)cc2F)Nc2cccc(n2)-c2cc(F)cc3nc(C)n(c23)C1. The lowest BCUT2D eigenvalue weighted by atomic mass is 10.0. The average molecular weight is 768 g/mol. The van der Waals surface area contributed by atoms with Crippen LogP contribution < -0.4 is 15.0 Å². The summed E-state index contributed by atoms with van der Waals surface area (Å²) in [6.45, 7) is 4.84. The van der Waals surface area contributed by atoms with Gasteiger partial charge in [-0.15, -0.1) is 0 Å². The number of methoxy groups -OCH3 is 1. The summed E-state index contributed by atoms with van der Waals surface area (Å²) in [5.74, 6) is -0.270. The number of benzene rings is 2. The third-order valence-corrected chi connectivity index (χ3v) is 10.9. The molecule has 4 bridgehead atoms. The van der Waals surface area contributed by atoms with Crippen molar-refractivity contribution in [3.05, 3.63) is 78.0 Å². The second-order valence-electron chi connectivity index (χ2n) is 14.9. The molecule has 2 aromatic carbocycles. The highest BCUT2D eigenvalue weighted by Gasteiger charge is 2.41. The summed E-state index contributed by atoms with van der Waals surface area (Å²) in [6, 6.07) is 10.7. The van der Waals surface area contributed by atoms with Crippen LogP contribution in [0.2, 0.25) is 0 Å². The van der Waals surface area contributed by atoms with Crippen LogP contribution in [0.5, 0.6) is 6.01 Å². The summed E-state index contributed by atoms with van der Waals surface area (Å²) in [5, 5.41) is 8.45. The monoisotopic (exact) mass is 767 g/mol. The maximum absolute atomic E-state index is 15.2. The van der Waals surface area contributed by atoms with E-state index in [0.717, 1.165) is 30.7 Å². The molecule has 3 atom stereocenters. The molecule has 0 unspecified atom stereocenters. The van der Waals surface area contributed by atoms with Crippen molar-refractivity contribution < 1.29 is 27.4 Å². The number of likely N-dealkylation sites (tertiary alicyclic amines) is 1. The number of carbonyl (C=O) groups is 1. The second-order valence-corrected chi connectivity index (χ2v) is 14.9. The van der Waals surface area contributed by atoms with Gasteiger partial charge in [0.1, 0.15) is 40.8 Å². The standard InChI is InChI=1S/C39H40F3N11O3/c1-21-44-31-12-24(41)10-27-30-6-5-7-34(46-30)45-25-13-33(38(54)50(3)18-26(55-4)19-51(21)35(27)31)52(17-25)36-28-14-43-53(32-9-8-23(40)11-29(32)42)37(28)48-39(47-36)56-20-22-15-49(2)16-22/h5-12,14,22,25-26,33H,13,15-20H2,1-4H3,(H,45,46)/t25-,26-,33-/m0/s1. The van der Waals surface area contributed by atoms with Crippen molar-refractivity contribution in [3.8, 4) is 23.0 Å². The Morgan fingerprint density at radius 1 is 0.929 bits per heavy atom. The maximum atomic E-state index is 15.2. The largest absolute Gasteiger partial charge is 0.463 e. The minimum Gasteiger partial charge on any atom is -0.463 e. The number of aromatic nitrogens is 7. The molecule has 1 amide bonds. The van der Waals surface area contributed by atoms with Crippen LogP contribution in [0.25, 0.3) is 39.0 Å². The molecule has 2 fully saturated rings. The number of aryl methyl sites for hydroxylation is 1. The van der Waals surface area contributed by atoms with Crippen LogP contribution in [0.1, 0.15) is 12.2 Å². The number of ether oxygens (including phenoxy) is 2. The van der Waals surface area contributed by atoms with Gasteiger partial charge in [0.05, 0.1) is 47.6 Å². The van der Waals surface area contributed by atoms with E-state index in [4.69, 9.17) is 19.4 Å². The molecule has 3 aliphatic heterocycles. The summed E-state index contributed by atoms with van der Waals surface area (Å²) < 4.78 is 59.7. The van der Waals surface area contributed by atoms with Crippen LogP contribution in [0, 0.1) is 30.3 Å². The predicted octanol–water partition coefficient (Wildman–Crippen LogP) is 4.44. The first kappa shape index (κ1) is 35.9. The predicted molar refractivity (Wildman–Crippen MR) is 202 cm³/mol. The van der Waals surface area contributed by atoms with Gasteiger partial charge in [-0.1, -0.05) is 6.07 Å². The Hall–Kier alpha value is -5.81. The maximum Gasteiger partial charge on any atom is 0.320 e. The second kappa shape index (κ2) is 14.0. The number of halogens is 3. The minimum absolute atomic E-state index is 0.00388. The fourth-order valence-corrected chi connectivity index (χ4v) is 8.22. The number of pyridine rings is 1. The van der Waals surface area contributed by atoms with Crippen molar-refractivity contribution in [1.82, 2.24) is 44.1 Å². The summed E-state index contributed by atoms with van der Waals surface area (Å²) in [6.07, 6.45) is 1.44. The van der Waals surface area contributed by atoms with Gasteiger partial charge in [-0.25, -0.2) is 27.8 Å². The molecule has 4 aromatic heterocycles. The Bertz CT molecular complexity index is 2490. The molecule has 0 saturated carbocycles. The van der Waals surface area contributed by atoms with Gasteiger partial charge in [0.25, 0.3) is 0 Å². The van der Waals surface area contributed by atoms with E-state index in [0.29, 0.717) is 65.7 Å². The number of imidazole rings is 1. The van der Waals surface area contributed by atoms with Crippen LogP contribution in [0.3, 0.4) is 0 Å². The van der Waals surface area contributed by atoms with Crippen LogP contribution >= 0.6 is 0 Å². The van der Waals surface area contributed by atoms with Gasteiger partial charge in [0.2, 0.25) is 5.91 Å². The van der Waals surface area contributed by atoms with Gasteiger partial charge >= 0.3 is 6.01 Å². The zero-order valence-electron chi connectivity index (χ0n) is 31.3. The van der Waals surface area contributed by atoms with Gasteiger partial charge < -0.3 is 34.1 Å². The van der Waals surface area contributed by atoms with Crippen LogP contribution in [0.4, 0.5) is 24.8 Å². The topological polar surface area (TPSA) is 132 Å². The third kappa shape index (κ3) is 6.43. The van der Waals surface area contributed by atoms with Gasteiger partial charge in [-0.05, 0) is 50.7 Å². The highest BCUT2D eigenvalue weighted by Crippen LogP contribution is 2.36. The van der Waals surface area contributed by atoms with Crippen molar-refractivity contribution in [2.24, 2.45) is 5.92 Å². The molecule has 14 nitrogen and oxygen atoms in total. The first-order valence-electron chi connectivity index (χ1n) is 18.5. The summed E-state index contributed by atoms with van der Waals surface area (Å²) >= 11 is 0. The molecule has 0 aliphatic carbocycles. The Labute approximate surface area is 319 Å². The van der Waals surface area contributed by atoms with E-state index in [2.05, 4.69) is 25.3 Å². The molecule has 0 spiro atoms. The Kier molecular flexibility index (Phi) is 8.99. The lowest BCUT2D eigenvalue weighted by molar-refractivity contribution is -0.132. The number of nitrogens with zero attached hydrogens (tertiary/aromatic N) is 10. The van der Waals surface area contributed by atoms with E-state index in [-0.39, 0.29) is 41.8 Å². The number of fused-ring (bicyclic) bond motifs is 6. The molecular formula is C39H40F3N11O3. The average Bonchev–Trinajstić information content (AvgIpc) is 3.86. The fourth-order valence-electron chi connectivity index (χ4n) is 8.22. The molecule has 7 heterocycles. The lowest BCUT2D eigenvalue weighted by Gasteiger charge is -2.35. The number of nitrogens with one attached hydrogen (secondary N) is 1. The first-order valence-corrected chi connectivity index (χ1v) is 18.5. The summed E-state index contributed by atoms with van der Waals surface area (Å²) in [7, 11) is 5.37. The molecule has 0 radical (unpaired) electrons. The van der Waals surface area contributed by atoms with E-state index < -0.39 is 29.6 Å². The number of hydrogen-bond acceptors (Lipinski definition) is 11. The van der Waals surface area contributed by atoms with Crippen LogP contribution in [-0.2, 0) is 16.1 Å². The van der Waals surface area contributed by atoms with Crippen molar-refractivity contribution in [2.75, 3.05) is 64.2 Å². The fraction of sp³-hybridized carbons (Fsp3) is 0.385. The van der Waals surface area contributed by atoms with Crippen molar-refractivity contribution in [2.45, 2.75) is 38.1 Å². The van der Waals surface area contributed by atoms with E-state index in [1.54, 1.807) is 19.1 Å². The quantitative estimate of drug-likeness (QED) is 0.258. The Balaban J connectivity index is 1.15. The number of hydrogen-bond donors (Lipinski definition) is 1. The zero-order valence-corrected chi connectivity index (χ0v) is 31.3. The number of anilines is 2. The van der Waals surface area contributed by atoms with Gasteiger partial charge in [0, 0.05) is 70.0 Å². The molecule has 290 valence electrons. The first-order chi connectivity index (χ1) is 27.0. The molecule has 9 rings (SSSR count). The van der Waals surface area contributed by atoms with Crippen LogP contribution in [-0.4, -0.2) is 122 Å². The Morgan fingerprint density at radius 2 is 1.77 bits per heavy atom. The highest BCUT2D eigenvalue weighted by atomic mass is 19.1. The van der Waals surface area contributed by atoms with E-state index in [9.17, 15) is 9.18 Å². The van der Waals surface area contributed by atoms with E-state index >= 15 is 8.78 Å². The van der Waals surface area contributed by atoms with Crippen molar-refractivity contribution in [1.29, 1.82) is 0 Å². The third-order valence-electron chi connectivity index (χ3n) is 10.9. The molecule has 6 aromatic rings. The molecule has 56 heavy (non-hydrogen) atoms. The van der Waals surface area contributed by atoms with Crippen molar-refractivity contribution >= 4 is 39.6 Å². The van der Waals surface area contributed by atoms with Crippen LogP contribution in [0.15, 0.2) is 54.7 Å². The summed E-state index contributed by atoms with van der Waals surface area (Å²) in [5.41, 5.74) is 2.60. The smallest absolute Gasteiger partial charge is 0.320 e. The van der Waals surface area contributed by atoms with E-state index in [1.165, 1.54) is 29.1 Å². The zero-order chi connectivity index (χ0) is 38.8. The number of carbonyl (C=O) groups excluding carboxylic acids is 1. The van der Waals surface area contributed by atoms with Gasteiger partial charge in [0.15, 0.2) is 11.5 Å². The van der Waals surface area contributed by atoms with Gasteiger partial charge in [-0.2, -0.15) is 15.1 Å². The van der Waals surface area contributed by atoms with Gasteiger partial charge in [-0.3, -0.25) is 4.79 Å². The minimum atomic E-state index is -0.817. The lowest BCUT2D eigenvalue weighted by Crippen LogP contribution is -2.47. The molecular weight excluding hydrogens is 727 g/mol. The highest BCUT2D eigenvalue weighted by molar-refractivity contribution is 5.94. The molecule has 3 aliphatic rings. The molecule has 2 saturated heterocycles. The number of amides is 1. The van der Waals surface area contributed by atoms with Crippen molar-refractivity contribution in [3.63, 3.8) is 0 Å². The normalized spacial score (nSPS) is 20.6. The number of likely N-dealkylation sites (N-methyl/N-ethyl adjacent to an activating group) is 1. The summed E-state index contributed by atoms with van der Waals surface area (Å²) in [4.78, 5) is 39.6. The van der Waals surface area contributed by atoms with E-state index in [1.807, 2.05) is 41.6 Å². The Morgan fingerprint density at radius 3 is 2.55 bits per heavy atom.